The Morgan fingerprint density at radius 1 is 0.974 bits per heavy atom. The summed E-state index contributed by atoms with van der Waals surface area (Å²) in [5.74, 6) is 0.0252. The number of thiophene rings is 1. The third-order valence-electron chi connectivity index (χ3n) is 6.54. The number of ketones is 1. The van der Waals surface area contributed by atoms with Crippen LogP contribution >= 0.6 is 11.3 Å². The molecular weight excluding hydrogens is 510 g/mol. The van der Waals surface area contributed by atoms with Crippen molar-refractivity contribution in [1.82, 2.24) is 30.1 Å². The van der Waals surface area contributed by atoms with Crippen LogP contribution in [-0.4, -0.2) is 41.8 Å². The number of carbonyl (C=O) groups excluding carboxylic acids is 2. The summed E-state index contributed by atoms with van der Waals surface area (Å²) in [6.07, 6.45) is 11.0. The average molecular weight is 536 g/mol. The third kappa shape index (κ3) is 4.82. The van der Waals surface area contributed by atoms with E-state index in [-0.39, 0.29) is 11.7 Å². The number of aromatic nitrogens is 6. The van der Waals surface area contributed by atoms with Crippen LogP contribution in [0.25, 0.3) is 54.9 Å². The van der Waals surface area contributed by atoms with E-state index in [1.54, 1.807) is 31.7 Å². The molecule has 6 rings (SSSR count). The van der Waals surface area contributed by atoms with Crippen LogP contribution in [0.5, 0.6) is 0 Å². The third-order valence-corrected chi connectivity index (χ3v) is 7.76. The van der Waals surface area contributed by atoms with Gasteiger partial charge in [-0.25, -0.2) is 0 Å². The number of hydrogen-bond acceptors (Lipinski definition) is 7. The number of fused-ring (bicyclic) bond motifs is 2. The van der Waals surface area contributed by atoms with Gasteiger partial charge in [0.15, 0.2) is 5.78 Å². The summed E-state index contributed by atoms with van der Waals surface area (Å²) in [6, 6.07) is 9.72. The number of pyridine rings is 3. The van der Waals surface area contributed by atoms with Gasteiger partial charge in [-0.3, -0.25) is 29.6 Å². The molecule has 10 heteroatoms. The summed E-state index contributed by atoms with van der Waals surface area (Å²) in [7, 11) is 0. The molecule has 0 spiro atoms. The van der Waals surface area contributed by atoms with Crippen LogP contribution in [0.3, 0.4) is 0 Å². The fourth-order valence-corrected chi connectivity index (χ4v) is 5.46. The Morgan fingerprint density at radius 3 is 2.67 bits per heavy atom. The lowest BCUT2D eigenvalue weighted by Crippen LogP contribution is -2.11. The first-order valence-corrected chi connectivity index (χ1v) is 13.5. The molecule has 3 N–H and O–H groups in total. The van der Waals surface area contributed by atoms with Gasteiger partial charge >= 0.3 is 0 Å². The molecule has 0 radical (unpaired) electrons. The molecule has 0 fully saturated rings. The van der Waals surface area contributed by atoms with Gasteiger partial charge < -0.3 is 10.3 Å². The highest BCUT2D eigenvalue weighted by atomic mass is 32.1. The number of amides is 1. The minimum absolute atomic E-state index is 0.0240. The predicted molar refractivity (Wildman–Crippen MR) is 154 cm³/mol. The Morgan fingerprint density at radius 2 is 1.85 bits per heavy atom. The highest BCUT2D eigenvalue weighted by Crippen LogP contribution is 2.37. The Kier molecular flexibility index (Phi) is 6.45. The second-order valence-corrected chi connectivity index (χ2v) is 10.4. The van der Waals surface area contributed by atoms with Gasteiger partial charge in [0.25, 0.3) is 0 Å². The molecule has 0 bridgehead atoms. The van der Waals surface area contributed by atoms with Gasteiger partial charge in [-0.1, -0.05) is 13.3 Å². The monoisotopic (exact) mass is 535 g/mol. The first-order valence-electron chi connectivity index (χ1n) is 12.7. The standard InChI is InChI=1S/C29H25N7O2S/c1-3-4-5-28(38)33-18-8-17(11-30-12-18)22-10-20-25(15-32-22)35-36-29(20)23-9-19-21(13-31-14-24(19)34-23)27-7-6-26(39-27)16(2)37/h6-15,34H,3-5H2,1-2H3,(H,33,38)(H,35,36). The van der Waals surface area contributed by atoms with Crippen molar-refractivity contribution in [3.8, 4) is 33.1 Å². The van der Waals surface area contributed by atoms with Crippen molar-refractivity contribution in [3.63, 3.8) is 0 Å². The molecule has 6 aromatic rings. The van der Waals surface area contributed by atoms with Crippen LogP contribution in [0.15, 0.2) is 61.3 Å². The zero-order valence-corrected chi connectivity index (χ0v) is 22.2. The first-order chi connectivity index (χ1) is 19.0. The zero-order chi connectivity index (χ0) is 26.9. The van der Waals surface area contributed by atoms with E-state index >= 15 is 0 Å². The van der Waals surface area contributed by atoms with Crippen LogP contribution in [-0.2, 0) is 4.79 Å². The lowest BCUT2D eigenvalue weighted by molar-refractivity contribution is -0.116. The highest BCUT2D eigenvalue weighted by Gasteiger charge is 2.16. The molecule has 0 saturated carbocycles. The predicted octanol–water partition coefficient (Wildman–Crippen LogP) is 6.62. The molecular formula is C29H25N7O2S. The van der Waals surface area contributed by atoms with Crippen LogP contribution in [0, 0.1) is 0 Å². The van der Waals surface area contributed by atoms with Gasteiger partial charge in [0.1, 0.15) is 5.69 Å². The van der Waals surface area contributed by atoms with Gasteiger partial charge in [0.05, 0.1) is 51.6 Å². The summed E-state index contributed by atoms with van der Waals surface area (Å²) < 4.78 is 0. The number of nitrogens with zero attached hydrogens (tertiary/aromatic N) is 4. The number of aromatic amines is 2. The van der Waals surface area contributed by atoms with Crippen molar-refractivity contribution < 1.29 is 9.59 Å². The number of rotatable bonds is 8. The van der Waals surface area contributed by atoms with Crippen molar-refractivity contribution in [2.45, 2.75) is 33.1 Å². The Hall–Kier alpha value is -4.70. The van der Waals surface area contributed by atoms with Crippen LogP contribution in [0.2, 0.25) is 0 Å². The van der Waals surface area contributed by atoms with Gasteiger partial charge in [-0.15, -0.1) is 11.3 Å². The molecule has 0 unspecified atom stereocenters. The Balaban J connectivity index is 1.36. The second kappa shape index (κ2) is 10.2. The number of H-pyrrole nitrogens is 2. The molecule has 0 aliphatic carbocycles. The lowest BCUT2D eigenvalue weighted by atomic mass is 10.1. The van der Waals surface area contributed by atoms with Crippen LogP contribution in [0.1, 0.15) is 42.8 Å². The molecule has 0 aliphatic rings. The quantitative estimate of drug-likeness (QED) is 0.188. The molecule has 0 saturated heterocycles. The first kappa shape index (κ1) is 24.6. The van der Waals surface area contributed by atoms with Crippen LogP contribution < -0.4 is 5.32 Å². The maximum Gasteiger partial charge on any atom is 0.224 e. The number of unbranched alkanes of at least 4 members (excludes halogenated alkanes) is 1. The summed E-state index contributed by atoms with van der Waals surface area (Å²) in [6.45, 7) is 3.63. The molecule has 1 amide bonds. The lowest BCUT2D eigenvalue weighted by Gasteiger charge is -2.07. The van der Waals surface area contributed by atoms with E-state index in [4.69, 9.17) is 0 Å². The topological polar surface area (TPSA) is 129 Å². The molecule has 9 nitrogen and oxygen atoms in total. The minimum Gasteiger partial charge on any atom is -0.352 e. The smallest absolute Gasteiger partial charge is 0.224 e. The van der Waals surface area contributed by atoms with Crippen molar-refractivity contribution in [3.05, 3.63) is 66.2 Å². The van der Waals surface area contributed by atoms with Crippen molar-refractivity contribution >= 4 is 50.5 Å². The summed E-state index contributed by atoms with van der Waals surface area (Å²) in [4.78, 5) is 42.5. The summed E-state index contributed by atoms with van der Waals surface area (Å²) >= 11 is 1.46. The highest BCUT2D eigenvalue weighted by molar-refractivity contribution is 7.17. The van der Waals surface area contributed by atoms with E-state index < -0.39 is 0 Å². The number of hydrogen-bond donors (Lipinski definition) is 3. The fraction of sp³-hybridized carbons (Fsp3) is 0.172. The Labute approximate surface area is 227 Å². The van der Waals surface area contributed by atoms with E-state index in [9.17, 15) is 9.59 Å². The minimum atomic E-state index is -0.0240. The average Bonchev–Trinajstić information content (AvgIpc) is 3.69. The number of nitrogens with one attached hydrogen (secondary N) is 3. The van der Waals surface area contributed by atoms with Gasteiger partial charge in [0, 0.05) is 45.6 Å². The van der Waals surface area contributed by atoms with E-state index in [2.05, 4.69) is 48.4 Å². The number of Topliss-reactive ketones (excluding diaryl/α,β-unsaturated/α-hetero) is 1. The van der Waals surface area contributed by atoms with Crippen molar-refractivity contribution in [2.24, 2.45) is 0 Å². The Bertz CT molecular complexity index is 1850. The molecule has 6 heterocycles. The second-order valence-electron chi connectivity index (χ2n) is 9.35. The molecule has 0 aliphatic heterocycles. The van der Waals surface area contributed by atoms with Gasteiger partial charge in [-0.05, 0) is 43.7 Å². The molecule has 6 aromatic heterocycles. The molecule has 39 heavy (non-hydrogen) atoms. The largest absolute Gasteiger partial charge is 0.352 e. The van der Waals surface area contributed by atoms with E-state index in [0.29, 0.717) is 12.1 Å². The summed E-state index contributed by atoms with van der Waals surface area (Å²) in [5, 5.41) is 12.5. The van der Waals surface area contributed by atoms with Crippen molar-refractivity contribution in [2.75, 3.05) is 5.32 Å². The molecule has 194 valence electrons. The van der Waals surface area contributed by atoms with E-state index in [1.807, 2.05) is 30.5 Å². The van der Waals surface area contributed by atoms with Crippen molar-refractivity contribution in [1.29, 1.82) is 0 Å². The number of anilines is 1. The van der Waals surface area contributed by atoms with Crippen LogP contribution in [0.4, 0.5) is 5.69 Å². The van der Waals surface area contributed by atoms with Gasteiger partial charge in [-0.2, -0.15) is 5.10 Å². The number of carbonyl (C=O) groups is 2. The van der Waals surface area contributed by atoms with Gasteiger partial charge in [0.2, 0.25) is 5.91 Å². The SMILES string of the molecule is CCCCC(=O)Nc1cncc(-c2cc3c(-c4cc5c(-c6ccc(C(C)=O)s6)cncc5[nH]4)n[nH]c3cn2)c1. The van der Waals surface area contributed by atoms with E-state index in [0.717, 1.165) is 72.6 Å². The molecule has 0 atom stereocenters. The normalized spacial score (nSPS) is 11.3. The summed E-state index contributed by atoms with van der Waals surface area (Å²) in [5.41, 5.74) is 6.37. The molecule has 0 aromatic carbocycles. The zero-order valence-electron chi connectivity index (χ0n) is 21.4. The maximum absolute atomic E-state index is 12.2. The maximum atomic E-state index is 12.2. The fourth-order valence-electron chi connectivity index (χ4n) is 4.54. The van der Waals surface area contributed by atoms with E-state index in [1.165, 1.54) is 11.3 Å².